The lowest BCUT2D eigenvalue weighted by molar-refractivity contribution is 0.130. The highest BCUT2D eigenvalue weighted by atomic mass is 15.2. The molecule has 3 aliphatic rings. The van der Waals surface area contributed by atoms with Crippen molar-refractivity contribution < 1.29 is 0 Å². The minimum absolute atomic E-state index is 0.853. The van der Waals surface area contributed by atoms with E-state index >= 15 is 0 Å². The van der Waals surface area contributed by atoms with Crippen LogP contribution in [0.5, 0.6) is 0 Å². The van der Waals surface area contributed by atoms with Gasteiger partial charge >= 0.3 is 0 Å². The van der Waals surface area contributed by atoms with Crippen molar-refractivity contribution in [3.63, 3.8) is 0 Å². The quantitative estimate of drug-likeness (QED) is 0.867. The highest BCUT2D eigenvalue weighted by Gasteiger charge is 2.27. The third-order valence-electron chi connectivity index (χ3n) is 6.32. The van der Waals surface area contributed by atoms with Gasteiger partial charge in [0.1, 0.15) is 5.82 Å². The molecule has 1 aromatic heterocycles. The summed E-state index contributed by atoms with van der Waals surface area (Å²) in [6.07, 6.45) is 8.07. The molecule has 0 bridgehead atoms. The van der Waals surface area contributed by atoms with Crippen LogP contribution in [0, 0.1) is 0 Å². The van der Waals surface area contributed by atoms with Crippen LogP contribution in [0.25, 0.3) is 11.0 Å². The van der Waals surface area contributed by atoms with Gasteiger partial charge in [-0.25, -0.2) is 4.98 Å². The number of nitrogens with zero attached hydrogens (tertiary/aromatic N) is 4. The van der Waals surface area contributed by atoms with Gasteiger partial charge in [-0.05, 0) is 56.5 Å². The molecule has 2 aliphatic heterocycles. The van der Waals surface area contributed by atoms with Crippen LogP contribution in [0.2, 0.25) is 0 Å². The average Bonchev–Trinajstić information content (AvgIpc) is 3.11. The second-order valence-corrected chi connectivity index (χ2v) is 7.86. The molecule has 0 unspecified atom stereocenters. The number of likely N-dealkylation sites (tertiary alicyclic amines) is 1. The minimum atomic E-state index is 0.853. The van der Waals surface area contributed by atoms with Crippen LogP contribution in [-0.2, 0) is 19.5 Å². The summed E-state index contributed by atoms with van der Waals surface area (Å²) in [6, 6.07) is 7.79. The molecule has 0 spiro atoms. The number of rotatable bonds is 3. The molecule has 3 heterocycles. The third kappa shape index (κ3) is 2.66. The first-order valence-corrected chi connectivity index (χ1v) is 9.81. The summed E-state index contributed by atoms with van der Waals surface area (Å²) in [5.74, 6) is 1.30. The van der Waals surface area contributed by atoms with Crippen LogP contribution in [0.15, 0.2) is 18.2 Å². The number of hydrogen-bond donors (Lipinski definition) is 0. The van der Waals surface area contributed by atoms with Crippen LogP contribution in [-0.4, -0.2) is 51.6 Å². The highest BCUT2D eigenvalue weighted by Crippen LogP contribution is 2.27. The maximum atomic E-state index is 4.95. The Labute approximate surface area is 144 Å². The van der Waals surface area contributed by atoms with E-state index in [4.69, 9.17) is 4.98 Å². The van der Waals surface area contributed by atoms with Crippen molar-refractivity contribution in [2.24, 2.45) is 0 Å². The van der Waals surface area contributed by atoms with E-state index in [1.807, 2.05) is 0 Å². The van der Waals surface area contributed by atoms with Crippen molar-refractivity contribution in [1.82, 2.24) is 19.4 Å². The van der Waals surface area contributed by atoms with Gasteiger partial charge in [-0.3, -0.25) is 9.80 Å². The van der Waals surface area contributed by atoms with Crippen molar-refractivity contribution in [1.29, 1.82) is 0 Å². The maximum absolute atomic E-state index is 4.95. The predicted octanol–water partition coefficient (Wildman–Crippen LogP) is 3.04. The zero-order valence-electron chi connectivity index (χ0n) is 14.6. The lowest BCUT2D eigenvalue weighted by Gasteiger charge is -2.36. The smallest absolute Gasteiger partial charge is 0.111 e. The van der Waals surface area contributed by atoms with E-state index in [0.29, 0.717) is 0 Å². The molecule has 128 valence electrons. The van der Waals surface area contributed by atoms with Crippen LogP contribution in [0.4, 0.5) is 0 Å². The van der Waals surface area contributed by atoms with Gasteiger partial charge in [-0.15, -0.1) is 0 Å². The van der Waals surface area contributed by atoms with Gasteiger partial charge in [-0.2, -0.15) is 0 Å². The van der Waals surface area contributed by atoms with E-state index in [1.54, 1.807) is 0 Å². The fourth-order valence-electron chi connectivity index (χ4n) is 4.66. The van der Waals surface area contributed by atoms with Crippen molar-refractivity contribution in [3.05, 3.63) is 29.6 Å². The Morgan fingerprint density at radius 1 is 0.958 bits per heavy atom. The fraction of sp³-hybridized carbons (Fsp3) is 0.650. The van der Waals surface area contributed by atoms with Crippen molar-refractivity contribution in [2.75, 3.05) is 26.2 Å². The lowest BCUT2D eigenvalue weighted by Crippen LogP contribution is -2.41. The summed E-state index contributed by atoms with van der Waals surface area (Å²) in [5, 5.41) is 0. The lowest BCUT2D eigenvalue weighted by atomic mass is 9.91. The third-order valence-corrected chi connectivity index (χ3v) is 6.32. The number of aromatic nitrogens is 2. The molecule has 2 fully saturated rings. The number of imidazole rings is 1. The molecule has 24 heavy (non-hydrogen) atoms. The Balaban J connectivity index is 1.40. The zero-order chi connectivity index (χ0) is 15.9. The Morgan fingerprint density at radius 2 is 1.83 bits per heavy atom. The summed E-state index contributed by atoms with van der Waals surface area (Å²) in [5.41, 5.74) is 4.00. The standard InChI is InChI=1S/C20H28N4/c1-2-10-22(9-1)15-16-6-7-18-19(14-16)24-13-12-23(17-4-3-5-17)11-8-20(24)21-18/h6-7,14,17H,1-5,8-13,15H2. The van der Waals surface area contributed by atoms with E-state index < -0.39 is 0 Å². The average molecular weight is 324 g/mol. The minimum Gasteiger partial charge on any atom is -0.327 e. The van der Waals surface area contributed by atoms with E-state index in [0.717, 1.165) is 25.6 Å². The Hall–Kier alpha value is -1.39. The van der Waals surface area contributed by atoms with E-state index in [2.05, 4.69) is 32.6 Å². The predicted molar refractivity (Wildman–Crippen MR) is 97.2 cm³/mol. The molecule has 0 N–H and O–H groups in total. The van der Waals surface area contributed by atoms with Crippen molar-refractivity contribution >= 4 is 11.0 Å². The van der Waals surface area contributed by atoms with Gasteiger partial charge in [0.05, 0.1) is 11.0 Å². The maximum Gasteiger partial charge on any atom is 0.111 e. The van der Waals surface area contributed by atoms with Gasteiger partial charge in [0.2, 0.25) is 0 Å². The summed E-state index contributed by atoms with van der Waals surface area (Å²) in [4.78, 5) is 10.2. The SMILES string of the molecule is c1cc2nc3n(c2cc1CN1CCCC1)CCN(C1CCC1)CC3. The van der Waals surface area contributed by atoms with E-state index in [1.165, 1.54) is 80.7 Å². The first-order valence-electron chi connectivity index (χ1n) is 9.81. The summed E-state index contributed by atoms with van der Waals surface area (Å²) in [6.45, 7) is 7.12. The van der Waals surface area contributed by atoms with Crippen molar-refractivity contribution in [3.8, 4) is 0 Å². The van der Waals surface area contributed by atoms with E-state index in [9.17, 15) is 0 Å². The number of fused-ring (bicyclic) bond motifs is 3. The molecule has 0 atom stereocenters. The molecule has 1 aliphatic carbocycles. The molecule has 0 radical (unpaired) electrons. The summed E-state index contributed by atoms with van der Waals surface area (Å²) in [7, 11) is 0. The molecule has 1 aromatic carbocycles. The van der Waals surface area contributed by atoms with Crippen molar-refractivity contribution in [2.45, 2.75) is 57.7 Å². The van der Waals surface area contributed by atoms with Gasteiger partial charge in [0, 0.05) is 38.6 Å². The first kappa shape index (κ1) is 14.9. The van der Waals surface area contributed by atoms with Crippen LogP contribution < -0.4 is 0 Å². The summed E-state index contributed by atoms with van der Waals surface area (Å²) < 4.78 is 2.50. The molecule has 2 aromatic rings. The molecule has 0 amide bonds. The second-order valence-electron chi connectivity index (χ2n) is 7.86. The van der Waals surface area contributed by atoms with Gasteiger partial charge in [0.25, 0.3) is 0 Å². The number of hydrogen-bond acceptors (Lipinski definition) is 3. The Morgan fingerprint density at radius 3 is 2.62 bits per heavy atom. The largest absolute Gasteiger partial charge is 0.327 e. The topological polar surface area (TPSA) is 24.3 Å². The normalized spacial score (nSPS) is 23.3. The molecule has 4 nitrogen and oxygen atoms in total. The van der Waals surface area contributed by atoms with Gasteiger partial charge in [0.15, 0.2) is 0 Å². The van der Waals surface area contributed by atoms with Gasteiger partial charge < -0.3 is 4.57 Å². The summed E-state index contributed by atoms with van der Waals surface area (Å²) >= 11 is 0. The van der Waals surface area contributed by atoms with Gasteiger partial charge in [-0.1, -0.05) is 12.5 Å². The molecule has 1 saturated heterocycles. The van der Waals surface area contributed by atoms with Crippen LogP contribution >= 0.6 is 0 Å². The van der Waals surface area contributed by atoms with Crippen LogP contribution in [0.1, 0.15) is 43.5 Å². The Kier molecular flexibility index (Phi) is 3.83. The zero-order valence-corrected chi connectivity index (χ0v) is 14.6. The molecule has 5 rings (SSSR count). The highest BCUT2D eigenvalue weighted by molar-refractivity contribution is 5.77. The second kappa shape index (κ2) is 6.16. The number of benzene rings is 1. The molecular weight excluding hydrogens is 296 g/mol. The first-order chi connectivity index (χ1) is 11.9. The monoisotopic (exact) mass is 324 g/mol. The molecular formula is C20H28N4. The van der Waals surface area contributed by atoms with Crippen LogP contribution in [0.3, 0.4) is 0 Å². The fourth-order valence-corrected chi connectivity index (χ4v) is 4.66. The Bertz CT molecular complexity index is 725. The molecule has 4 heteroatoms. The van der Waals surface area contributed by atoms with E-state index in [-0.39, 0.29) is 0 Å². The molecule has 1 saturated carbocycles.